The molecule has 0 bridgehead atoms. The number of carboxylic acids is 3. The van der Waals surface area contributed by atoms with Crippen molar-refractivity contribution < 1.29 is 34.8 Å². The number of aliphatic carboxylic acids is 3. The molecule has 0 rings (SSSR count). The van der Waals surface area contributed by atoms with Crippen molar-refractivity contribution in [2.24, 2.45) is 5.41 Å². The Morgan fingerprint density at radius 3 is 1.59 bits per heavy atom. The van der Waals surface area contributed by atoms with Crippen molar-refractivity contribution in [2.45, 2.75) is 32.1 Å². The van der Waals surface area contributed by atoms with Crippen molar-refractivity contribution in [2.75, 3.05) is 6.61 Å². The summed E-state index contributed by atoms with van der Waals surface area (Å²) in [6.45, 7) is -0.375. The SMILES string of the molecule is O=C(O)CCC(CCO)(CC(=O)O)CC(=O)O. The average molecular weight is 248 g/mol. The molecule has 0 aliphatic heterocycles. The molecule has 98 valence electrons. The van der Waals surface area contributed by atoms with Crippen LogP contribution in [0.4, 0.5) is 0 Å². The molecule has 0 aromatic heterocycles. The van der Waals surface area contributed by atoms with Crippen LogP contribution in [-0.4, -0.2) is 44.9 Å². The summed E-state index contributed by atoms with van der Waals surface area (Å²) in [7, 11) is 0. The lowest BCUT2D eigenvalue weighted by molar-refractivity contribution is -0.147. The molecule has 0 radical (unpaired) electrons. The lowest BCUT2D eigenvalue weighted by Crippen LogP contribution is -2.30. The molecule has 0 amide bonds. The van der Waals surface area contributed by atoms with Crippen LogP contribution in [0.15, 0.2) is 0 Å². The summed E-state index contributed by atoms with van der Waals surface area (Å²) in [6.07, 6.45) is -1.37. The summed E-state index contributed by atoms with van der Waals surface area (Å²) in [4.78, 5) is 31.9. The van der Waals surface area contributed by atoms with Crippen LogP contribution in [0.5, 0.6) is 0 Å². The van der Waals surface area contributed by atoms with E-state index in [-0.39, 0.29) is 25.9 Å². The number of carboxylic acid groups (broad SMARTS) is 3. The number of rotatable bonds is 9. The number of hydrogen-bond acceptors (Lipinski definition) is 4. The Hall–Kier alpha value is -1.63. The van der Waals surface area contributed by atoms with Gasteiger partial charge in [0.15, 0.2) is 0 Å². The molecule has 0 unspecified atom stereocenters. The van der Waals surface area contributed by atoms with Crippen molar-refractivity contribution in [3.05, 3.63) is 0 Å². The van der Waals surface area contributed by atoms with E-state index in [9.17, 15) is 14.4 Å². The molecule has 0 aliphatic rings. The number of aliphatic hydroxyl groups is 1. The smallest absolute Gasteiger partial charge is 0.303 e. The van der Waals surface area contributed by atoms with E-state index in [0.29, 0.717) is 0 Å². The van der Waals surface area contributed by atoms with Crippen LogP contribution in [0.1, 0.15) is 32.1 Å². The Morgan fingerprint density at radius 2 is 1.29 bits per heavy atom. The number of aliphatic hydroxyl groups excluding tert-OH is 1. The lowest BCUT2D eigenvalue weighted by Gasteiger charge is -2.29. The minimum absolute atomic E-state index is 0.0428. The molecular weight excluding hydrogens is 232 g/mol. The molecule has 0 heterocycles. The maximum Gasteiger partial charge on any atom is 0.303 e. The van der Waals surface area contributed by atoms with Gasteiger partial charge < -0.3 is 20.4 Å². The number of carbonyl (C=O) groups is 3. The highest BCUT2D eigenvalue weighted by Crippen LogP contribution is 2.36. The van der Waals surface area contributed by atoms with Gasteiger partial charge in [0.1, 0.15) is 0 Å². The van der Waals surface area contributed by atoms with Gasteiger partial charge in [0.2, 0.25) is 0 Å². The molecular formula is C10H16O7. The van der Waals surface area contributed by atoms with Gasteiger partial charge in [-0.15, -0.1) is 0 Å². The summed E-state index contributed by atoms with van der Waals surface area (Å²) in [5, 5.41) is 34.9. The normalized spacial score (nSPS) is 11.1. The van der Waals surface area contributed by atoms with Crippen molar-refractivity contribution in [1.29, 1.82) is 0 Å². The second-order valence-corrected chi connectivity index (χ2v) is 4.01. The van der Waals surface area contributed by atoms with E-state index >= 15 is 0 Å². The van der Waals surface area contributed by atoms with Gasteiger partial charge in [-0.2, -0.15) is 0 Å². The van der Waals surface area contributed by atoms with Gasteiger partial charge in [0.05, 0.1) is 12.8 Å². The largest absolute Gasteiger partial charge is 0.481 e. The molecule has 7 nitrogen and oxygen atoms in total. The molecule has 0 aromatic rings. The Morgan fingerprint density at radius 1 is 0.824 bits per heavy atom. The van der Waals surface area contributed by atoms with Gasteiger partial charge in [-0.3, -0.25) is 14.4 Å². The second-order valence-electron chi connectivity index (χ2n) is 4.01. The van der Waals surface area contributed by atoms with E-state index in [1.54, 1.807) is 0 Å². The first-order valence-corrected chi connectivity index (χ1v) is 5.07. The Balaban J connectivity index is 4.85. The fourth-order valence-corrected chi connectivity index (χ4v) is 1.79. The molecule has 0 saturated heterocycles. The molecule has 4 N–H and O–H groups in total. The Bertz CT molecular complexity index is 281. The summed E-state index contributed by atoms with van der Waals surface area (Å²) >= 11 is 0. The highest BCUT2D eigenvalue weighted by molar-refractivity contribution is 5.72. The zero-order valence-electron chi connectivity index (χ0n) is 9.26. The predicted molar refractivity (Wildman–Crippen MR) is 55.5 cm³/mol. The molecule has 0 atom stereocenters. The standard InChI is InChI=1S/C10H16O7/c11-4-3-10(5-8(14)15,6-9(16)17)2-1-7(12)13/h11H,1-6H2,(H,12,13)(H,14,15)(H,16,17). The average Bonchev–Trinajstić information content (AvgIpc) is 2.13. The zero-order valence-corrected chi connectivity index (χ0v) is 9.26. The summed E-state index contributed by atoms with van der Waals surface area (Å²) < 4.78 is 0. The zero-order chi connectivity index (χ0) is 13.5. The molecule has 0 aliphatic carbocycles. The van der Waals surface area contributed by atoms with Gasteiger partial charge in [-0.25, -0.2) is 0 Å². The van der Waals surface area contributed by atoms with Gasteiger partial charge >= 0.3 is 17.9 Å². The molecule has 7 heteroatoms. The van der Waals surface area contributed by atoms with Gasteiger partial charge in [-0.1, -0.05) is 0 Å². The third-order valence-electron chi connectivity index (χ3n) is 2.56. The molecule has 0 fully saturated rings. The maximum absolute atomic E-state index is 10.7. The third kappa shape index (κ3) is 6.52. The van der Waals surface area contributed by atoms with Gasteiger partial charge in [0, 0.05) is 13.0 Å². The molecule has 0 spiro atoms. The fourth-order valence-electron chi connectivity index (χ4n) is 1.79. The third-order valence-corrected chi connectivity index (χ3v) is 2.56. The van der Waals surface area contributed by atoms with Gasteiger partial charge in [-0.05, 0) is 18.3 Å². The van der Waals surface area contributed by atoms with Crippen molar-refractivity contribution >= 4 is 17.9 Å². The Labute approximate surface area is 97.7 Å². The van der Waals surface area contributed by atoms with E-state index < -0.39 is 36.2 Å². The van der Waals surface area contributed by atoms with Gasteiger partial charge in [0.25, 0.3) is 0 Å². The highest BCUT2D eigenvalue weighted by atomic mass is 16.4. The fraction of sp³-hybridized carbons (Fsp3) is 0.700. The first kappa shape index (κ1) is 15.4. The van der Waals surface area contributed by atoms with E-state index in [1.165, 1.54) is 0 Å². The minimum atomic E-state index is -1.20. The summed E-state index contributed by atoms with van der Waals surface area (Å²) in [5.41, 5.74) is -1.20. The topological polar surface area (TPSA) is 132 Å². The van der Waals surface area contributed by atoms with E-state index in [2.05, 4.69) is 0 Å². The van der Waals surface area contributed by atoms with Crippen LogP contribution < -0.4 is 0 Å². The van der Waals surface area contributed by atoms with Crippen molar-refractivity contribution in [3.8, 4) is 0 Å². The van der Waals surface area contributed by atoms with Crippen LogP contribution in [0, 0.1) is 5.41 Å². The van der Waals surface area contributed by atoms with Crippen LogP contribution in [0.3, 0.4) is 0 Å². The van der Waals surface area contributed by atoms with E-state index in [1.807, 2.05) is 0 Å². The summed E-state index contributed by atoms with van der Waals surface area (Å²) in [6, 6.07) is 0. The second kappa shape index (κ2) is 6.85. The van der Waals surface area contributed by atoms with E-state index in [0.717, 1.165) is 0 Å². The van der Waals surface area contributed by atoms with Crippen LogP contribution in [0.2, 0.25) is 0 Å². The first-order valence-electron chi connectivity index (χ1n) is 5.07. The Kier molecular flexibility index (Phi) is 6.19. The van der Waals surface area contributed by atoms with Crippen LogP contribution >= 0.6 is 0 Å². The van der Waals surface area contributed by atoms with E-state index in [4.69, 9.17) is 20.4 Å². The molecule has 17 heavy (non-hydrogen) atoms. The van der Waals surface area contributed by atoms with Crippen molar-refractivity contribution in [3.63, 3.8) is 0 Å². The molecule has 0 aromatic carbocycles. The van der Waals surface area contributed by atoms with Crippen LogP contribution in [-0.2, 0) is 14.4 Å². The van der Waals surface area contributed by atoms with Crippen molar-refractivity contribution in [1.82, 2.24) is 0 Å². The minimum Gasteiger partial charge on any atom is -0.481 e. The predicted octanol–water partition coefficient (Wildman–Crippen LogP) is 0.169. The number of hydrogen-bond donors (Lipinski definition) is 4. The van der Waals surface area contributed by atoms with Crippen LogP contribution in [0.25, 0.3) is 0 Å². The first-order chi connectivity index (χ1) is 7.81. The monoisotopic (exact) mass is 248 g/mol. The lowest BCUT2D eigenvalue weighted by atomic mass is 9.74. The maximum atomic E-state index is 10.7. The molecule has 0 saturated carbocycles. The summed E-state index contributed by atoms with van der Waals surface area (Å²) in [5.74, 6) is -3.53. The quantitative estimate of drug-likeness (QED) is 0.457. The highest BCUT2D eigenvalue weighted by Gasteiger charge is 2.35.